The smallest absolute Gasteiger partial charge is 0.230 e. The van der Waals surface area contributed by atoms with Crippen LogP contribution in [0.2, 0.25) is 0 Å². The van der Waals surface area contributed by atoms with Crippen LogP contribution in [0.4, 0.5) is 0 Å². The number of phenolic OH excluding ortho intramolecular Hbond substituents is 1. The van der Waals surface area contributed by atoms with E-state index >= 15 is 0 Å². The van der Waals surface area contributed by atoms with Gasteiger partial charge in [0.15, 0.2) is 11.0 Å². The van der Waals surface area contributed by atoms with Gasteiger partial charge in [-0.15, -0.1) is 10.2 Å². The Labute approximate surface area is 187 Å². The van der Waals surface area contributed by atoms with Crippen LogP contribution in [0, 0.1) is 13.8 Å². The van der Waals surface area contributed by atoms with Crippen LogP contribution in [0.25, 0.3) is 17.1 Å². The predicted molar refractivity (Wildman–Crippen MR) is 124 cm³/mol. The summed E-state index contributed by atoms with van der Waals surface area (Å²) in [6, 6.07) is 13.6. The van der Waals surface area contributed by atoms with E-state index in [1.165, 1.54) is 36.6 Å². The van der Waals surface area contributed by atoms with Crippen molar-refractivity contribution in [3.8, 4) is 22.8 Å². The number of para-hydroxylation sites is 1. The number of phenols is 1. The molecule has 1 aliphatic carbocycles. The minimum atomic E-state index is 0.0242. The molecule has 0 unspecified atom stereocenters. The van der Waals surface area contributed by atoms with E-state index < -0.39 is 0 Å². The molecule has 0 atom stereocenters. The van der Waals surface area contributed by atoms with Crippen molar-refractivity contribution < 1.29 is 9.90 Å². The van der Waals surface area contributed by atoms with E-state index in [0.29, 0.717) is 16.5 Å². The molecule has 0 bridgehead atoms. The third kappa shape index (κ3) is 4.93. The lowest BCUT2D eigenvalue weighted by Crippen LogP contribution is -2.37. The van der Waals surface area contributed by atoms with Gasteiger partial charge in [-0.05, 0) is 50.5 Å². The van der Waals surface area contributed by atoms with Gasteiger partial charge >= 0.3 is 0 Å². The molecule has 4 rings (SSSR count). The van der Waals surface area contributed by atoms with E-state index in [2.05, 4.69) is 28.5 Å². The monoisotopic (exact) mass is 436 g/mol. The molecule has 0 spiro atoms. The maximum absolute atomic E-state index is 12.5. The molecule has 1 fully saturated rings. The molecule has 0 aliphatic heterocycles. The van der Waals surface area contributed by atoms with Gasteiger partial charge in [-0.3, -0.25) is 9.36 Å². The van der Waals surface area contributed by atoms with Crippen molar-refractivity contribution in [3.05, 3.63) is 53.6 Å². The first kappa shape index (κ1) is 21.4. The molecule has 2 N–H and O–H groups in total. The number of amides is 1. The Bertz CT molecular complexity index is 1070. The number of carbonyl (C=O) groups is 1. The normalized spacial score (nSPS) is 14.5. The van der Waals surface area contributed by atoms with Crippen molar-refractivity contribution in [3.63, 3.8) is 0 Å². The lowest BCUT2D eigenvalue weighted by molar-refractivity contribution is -0.119. The van der Waals surface area contributed by atoms with Crippen LogP contribution < -0.4 is 5.32 Å². The standard InChI is InChI=1S/C24H28N4O2S/c1-16-12-13-20(17(2)14-16)28-23(19-10-6-7-11-21(19)29)26-27-24(28)31-15-22(30)25-18-8-4-3-5-9-18/h6-7,10-14,18,29H,3-5,8-9,15H2,1-2H3,(H,25,30). The fourth-order valence-corrected chi connectivity index (χ4v) is 4.88. The molecular weight excluding hydrogens is 408 g/mol. The second-order valence-corrected chi connectivity index (χ2v) is 9.08. The fourth-order valence-electron chi connectivity index (χ4n) is 4.12. The Hall–Kier alpha value is -2.80. The lowest BCUT2D eigenvalue weighted by Gasteiger charge is -2.22. The zero-order valence-electron chi connectivity index (χ0n) is 18.0. The first-order valence-corrected chi connectivity index (χ1v) is 11.7. The lowest BCUT2D eigenvalue weighted by atomic mass is 9.95. The largest absolute Gasteiger partial charge is 0.507 e. The Morgan fingerprint density at radius 3 is 2.65 bits per heavy atom. The summed E-state index contributed by atoms with van der Waals surface area (Å²) in [6.07, 6.45) is 5.75. The molecular formula is C24H28N4O2S. The first-order chi connectivity index (χ1) is 15.0. The van der Waals surface area contributed by atoms with Gasteiger partial charge in [0.25, 0.3) is 0 Å². The summed E-state index contributed by atoms with van der Waals surface area (Å²) in [5.41, 5.74) is 3.78. The summed E-state index contributed by atoms with van der Waals surface area (Å²) in [5, 5.41) is 23.0. The fraction of sp³-hybridized carbons (Fsp3) is 0.375. The van der Waals surface area contributed by atoms with Gasteiger partial charge in [0, 0.05) is 6.04 Å². The molecule has 7 heteroatoms. The summed E-state index contributed by atoms with van der Waals surface area (Å²) < 4.78 is 1.93. The quantitative estimate of drug-likeness (QED) is 0.543. The number of thioether (sulfide) groups is 1. The molecule has 2 aromatic carbocycles. The number of benzene rings is 2. The number of aromatic hydroxyl groups is 1. The van der Waals surface area contributed by atoms with Crippen LogP contribution >= 0.6 is 11.8 Å². The van der Waals surface area contributed by atoms with Crippen molar-refractivity contribution in [2.24, 2.45) is 0 Å². The molecule has 1 aromatic heterocycles. The predicted octanol–water partition coefficient (Wildman–Crippen LogP) is 4.80. The van der Waals surface area contributed by atoms with E-state index in [-0.39, 0.29) is 23.5 Å². The summed E-state index contributed by atoms with van der Waals surface area (Å²) in [6.45, 7) is 4.10. The number of rotatable bonds is 6. The van der Waals surface area contributed by atoms with Gasteiger partial charge in [0.2, 0.25) is 5.91 Å². The van der Waals surface area contributed by atoms with Crippen molar-refractivity contribution >= 4 is 17.7 Å². The molecule has 1 aliphatic rings. The second-order valence-electron chi connectivity index (χ2n) is 8.14. The zero-order valence-corrected chi connectivity index (χ0v) is 18.8. The van der Waals surface area contributed by atoms with Crippen molar-refractivity contribution in [1.29, 1.82) is 0 Å². The molecule has 3 aromatic rings. The molecule has 31 heavy (non-hydrogen) atoms. The number of nitrogens with one attached hydrogen (secondary N) is 1. The van der Waals surface area contributed by atoms with Gasteiger partial charge in [0.05, 0.1) is 17.0 Å². The summed E-state index contributed by atoms with van der Waals surface area (Å²) in [7, 11) is 0. The van der Waals surface area contributed by atoms with Crippen LogP contribution in [0.5, 0.6) is 5.75 Å². The van der Waals surface area contributed by atoms with E-state index in [1.807, 2.05) is 35.8 Å². The number of carbonyl (C=O) groups excluding carboxylic acids is 1. The highest BCUT2D eigenvalue weighted by molar-refractivity contribution is 7.99. The number of hydrogen-bond acceptors (Lipinski definition) is 5. The minimum Gasteiger partial charge on any atom is -0.507 e. The number of aromatic nitrogens is 3. The van der Waals surface area contributed by atoms with Crippen LogP contribution in [-0.2, 0) is 4.79 Å². The third-order valence-corrected chi connectivity index (χ3v) is 6.60. The zero-order chi connectivity index (χ0) is 21.8. The van der Waals surface area contributed by atoms with Crippen LogP contribution in [0.15, 0.2) is 47.6 Å². The highest BCUT2D eigenvalue weighted by Crippen LogP contribution is 2.33. The number of hydrogen-bond donors (Lipinski definition) is 2. The SMILES string of the molecule is Cc1ccc(-n2c(SCC(=O)NC3CCCCC3)nnc2-c2ccccc2O)c(C)c1. The minimum absolute atomic E-state index is 0.0242. The van der Waals surface area contributed by atoms with Gasteiger partial charge in [0.1, 0.15) is 5.75 Å². The Balaban J connectivity index is 1.63. The average Bonchev–Trinajstić information content (AvgIpc) is 3.17. The third-order valence-electron chi connectivity index (χ3n) is 5.67. The molecule has 1 saturated carbocycles. The first-order valence-electron chi connectivity index (χ1n) is 10.8. The molecule has 1 heterocycles. The van der Waals surface area contributed by atoms with E-state index in [9.17, 15) is 9.90 Å². The summed E-state index contributed by atoms with van der Waals surface area (Å²) in [5.74, 6) is 1.00. The molecule has 1 amide bonds. The Kier molecular flexibility index (Phi) is 6.61. The van der Waals surface area contributed by atoms with Crippen molar-refractivity contribution in [1.82, 2.24) is 20.1 Å². The number of nitrogens with zero attached hydrogens (tertiary/aromatic N) is 3. The second kappa shape index (κ2) is 9.56. The summed E-state index contributed by atoms with van der Waals surface area (Å²) in [4.78, 5) is 12.5. The maximum Gasteiger partial charge on any atom is 0.230 e. The summed E-state index contributed by atoms with van der Waals surface area (Å²) >= 11 is 1.37. The highest BCUT2D eigenvalue weighted by atomic mass is 32.2. The van der Waals surface area contributed by atoms with Gasteiger partial charge < -0.3 is 10.4 Å². The topological polar surface area (TPSA) is 80.0 Å². The van der Waals surface area contributed by atoms with Gasteiger partial charge in [-0.1, -0.05) is 60.9 Å². The molecule has 0 saturated heterocycles. The molecule has 6 nitrogen and oxygen atoms in total. The van der Waals surface area contributed by atoms with Crippen molar-refractivity contribution in [2.75, 3.05) is 5.75 Å². The van der Waals surface area contributed by atoms with E-state index in [1.54, 1.807) is 12.1 Å². The molecule has 162 valence electrons. The van der Waals surface area contributed by atoms with E-state index in [0.717, 1.165) is 24.1 Å². The maximum atomic E-state index is 12.5. The van der Waals surface area contributed by atoms with Crippen LogP contribution in [0.1, 0.15) is 43.2 Å². The van der Waals surface area contributed by atoms with Gasteiger partial charge in [-0.2, -0.15) is 0 Å². The van der Waals surface area contributed by atoms with Crippen LogP contribution in [0.3, 0.4) is 0 Å². The van der Waals surface area contributed by atoms with Crippen LogP contribution in [-0.4, -0.2) is 37.6 Å². The Morgan fingerprint density at radius 2 is 1.90 bits per heavy atom. The van der Waals surface area contributed by atoms with Crippen molar-refractivity contribution in [2.45, 2.75) is 57.1 Å². The van der Waals surface area contributed by atoms with E-state index in [4.69, 9.17) is 0 Å². The van der Waals surface area contributed by atoms with Gasteiger partial charge in [-0.25, -0.2) is 0 Å². The highest BCUT2D eigenvalue weighted by Gasteiger charge is 2.21. The number of aryl methyl sites for hydroxylation is 2. The average molecular weight is 437 g/mol. The Morgan fingerprint density at radius 1 is 1.13 bits per heavy atom. The molecule has 0 radical (unpaired) electrons.